The fraction of sp³-hybridized carbons (Fsp3) is 0.333. The number of nitrogens with zero attached hydrogens (tertiary/aromatic N) is 1. The molecule has 0 radical (unpaired) electrons. The summed E-state index contributed by atoms with van der Waals surface area (Å²) in [7, 11) is 0. The molecule has 14 heavy (non-hydrogen) atoms. The molecular formula is C9H9ClKNOS. The Morgan fingerprint density at radius 1 is 1.64 bits per heavy atom. The zero-order valence-corrected chi connectivity index (χ0v) is 12.6. The second-order valence-corrected chi connectivity index (χ2v) is 3.92. The van der Waals surface area contributed by atoms with Crippen molar-refractivity contribution in [3.8, 4) is 0 Å². The van der Waals surface area contributed by atoms with Crippen molar-refractivity contribution in [3.05, 3.63) is 28.5 Å². The average Bonchev–Trinajstić information content (AvgIpc) is 2.87. The Labute approximate surface area is 137 Å². The van der Waals surface area contributed by atoms with Crippen LogP contribution in [0.2, 0.25) is 5.02 Å². The molecule has 1 heterocycles. The Morgan fingerprint density at radius 3 is 2.79 bits per heavy atom. The van der Waals surface area contributed by atoms with Crippen molar-refractivity contribution in [2.24, 2.45) is 0 Å². The minimum absolute atomic E-state index is 0. The van der Waals surface area contributed by atoms with E-state index in [9.17, 15) is 4.79 Å². The average molecular weight is 254 g/mol. The molecule has 1 saturated carbocycles. The van der Waals surface area contributed by atoms with Crippen LogP contribution < -0.4 is 51.4 Å². The van der Waals surface area contributed by atoms with Crippen LogP contribution in [0.4, 0.5) is 0 Å². The van der Waals surface area contributed by atoms with Gasteiger partial charge in [0, 0.05) is 12.1 Å². The first-order valence-electron chi connectivity index (χ1n) is 4.08. The minimum Gasteiger partial charge on any atom is -1.00 e. The van der Waals surface area contributed by atoms with E-state index in [1.807, 2.05) is 0 Å². The predicted molar refractivity (Wildman–Crippen MR) is 55.7 cm³/mol. The number of hydrogen-bond acceptors (Lipinski definition) is 2. The molecule has 1 aromatic heterocycles. The fourth-order valence-electron chi connectivity index (χ4n) is 1.27. The molecule has 1 aliphatic carbocycles. The summed E-state index contributed by atoms with van der Waals surface area (Å²) in [6, 6.07) is 1.60. The van der Waals surface area contributed by atoms with Gasteiger partial charge in [0.15, 0.2) is 0 Å². The van der Waals surface area contributed by atoms with Crippen LogP contribution in [0, 0.1) is 0 Å². The number of halogens is 1. The normalized spacial score (nSPS) is 14.7. The summed E-state index contributed by atoms with van der Waals surface area (Å²) in [4.78, 5) is 15.2. The van der Waals surface area contributed by atoms with Crippen LogP contribution in [0.3, 0.4) is 0 Å². The van der Waals surface area contributed by atoms with Gasteiger partial charge in [-0.3, -0.25) is 9.78 Å². The molecule has 1 aromatic rings. The molecule has 1 aliphatic rings. The Morgan fingerprint density at radius 2 is 2.29 bits per heavy atom. The van der Waals surface area contributed by atoms with Crippen LogP contribution in [0.1, 0.15) is 36.2 Å². The van der Waals surface area contributed by atoms with Crippen molar-refractivity contribution < 1.29 is 57.6 Å². The van der Waals surface area contributed by atoms with Crippen LogP contribution in [-0.4, -0.2) is 10.1 Å². The number of carbonyl (C=O) groups excluding carboxylic acids is 1. The van der Waals surface area contributed by atoms with Gasteiger partial charge in [-0.1, -0.05) is 11.6 Å². The van der Waals surface area contributed by atoms with Gasteiger partial charge in [0.2, 0.25) is 5.12 Å². The SMILES string of the molecule is O=C(S)c1ccnc(C2CC2)c1Cl.[H-].[K+]. The van der Waals surface area contributed by atoms with Crippen molar-refractivity contribution in [2.75, 3.05) is 0 Å². The van der Waals surface area contributed by atoms with E-state index in [2.05, 4.69) is 17.6 Å². The largest absolute Gasteiger partial charge is 1.00 e. The maximum absolute atomic E-state index is 11.0. The molecule has 0 N–H and O–H groups in total. The summed E-state index contributed by atoms with van der Waals surface area (Å²) in [6.07, 6.45) is 3.86. The molecule has 2 rings (SSSR count). The summed E-state index contributed by atoms with van der Waals surface area (Å²) in [5.41, 5.74) is 1.31. The number of carbonyl (C=O) groups is 1. The molecule has 5 heteroatoms. The third kappa shape index (κ3) is 2.81. The fourth-order valence-corrected chi connectivity index (χ4v) is 1.87. The van der Waals surface area contributed by atoms with Crippen molar-refractivity contribution >= 4 is 29.3 Å². The molecule has 0 bridgehead atoms. The molecule has 0 aromatic carbocycles. The Balaban J connectivity index is 0.000000980. The van der Waals surface area contributed by atoms with E-state index >= 15 is 0 Å². The minimum atomic E-state index is -0.297. The van der Waals surface area contributed by atoms with Crippen LogP contribution in [0.25, 0.3) is 0 Å². The summed E-state index contributed by atoms with van der Waals surface area (Å²) < 4.78 is 0. The summed E-state index contributed by atoms with van der Waals surface area (Å²) in [5.74, 6) is 0.458. The van der Waals surface area contributed by atoms with Crippen molar-refractivity contribution in [1.82, 2.24) is 4.98 Å². The molecule has 70 valence electrons. The Kier molecular flexibility index (Phi) is 5.11. The van der Waals surface area contributed by atoms with Gasteiger partial charge < -0.3 is 1.43 Å². The second-order valence-electron chi connectivity index (χ2n) is 3.14. The van der Waals surface area contributed by atoms with E-state index in [1.54, 1.807) is 12.3 Å². The van der Waals surface area contributed by atoms with Gasteiger partial charge in [-0.25, -0.2) is 0 Å². The van der Waals surface area contributed by atoms with Gasteiger partial charge in [0.05, 0.1) is 16.3 Å². The van der Waals surface area contributed by atoms with Gasteiger partial charge in [0.1, 0.15) is 0 Å². The van der Waals surface area contributed by atoms with E-state index in [4.69, 9.17) is 11.6 Å². The zero-order valence-electron chi connectivity index (χ0n) is 8.83. The molecule has 0 saturated heterocycles. The Bertz CT molecular complexity index is 373. The van der Waals surface area contributed by atoms with E-state index in [0.717, 1.165) is 18.5 Å². The molecular weight excluding hydrogens is 245 g/mol. The van der Waals surface area contributed by atoms with Crippen LogP contribution >= 0.6 is 24.2 Å². The van der Waals surface area contributed by atoms with E-state index in [-0.39, 0.29) is 57.9 Å². The molecule has 0 atom stereocenters. The number of rotatable bonds is 2. The second kappa shape index (κ2) is 5.43. The number of pyridine rings is 1. The van der Waals surface area contributed by atoms with Crippen molar-refractivity contribution in [1.29, 1.82) is 0 Å². The van der Waals surface area contributed by atoms with Crippen molar-refractivity contribution in [3.63, 3.8) is 0 Å². The predicted octanol–water partition coefficient (Wildman–Crippen LogP) is -0.201. The summed E-state index contributed by atoms with van der Waals surface area (Å²) in [5, 5.41) is 0.180. The number of aromatic nitrogens is 1. The molecule has 0 amide bonds. The Hall–Kier alpha value is 1.10. The maximum Gasteiger partial charge on any atom is 1.00 e. The topological polar surface area (TPSA) is 30.0 Å². The summed E-state index contributed by atoms with van der Waals surface area (Å²) in [6.45, 7) is 0. The monoisotopic (exact) mass is 253 g/mol. The van der Waals surface area contributed by atoms with Crippen LogP contribution in [0.15, 0.2) is 12.3 Å². The third-order valence-corrected chi connectivity index (χ3v) is 2.75. The first kappa shape index (κ1) is 13.2. The quantitative estimate of drug-likeness (QED) is 0.585. The van der Waals surface area contributed by atoms with Gasteiger partial charge in [-0.15, -0.1) is 12.6 Å². The van der Waals surface area contributed by atoms with Gasteiger partial charge in [-0.2, -0.15) is 0 Å². The maximum atomic E-state index is 11.0. The smallest absolute Gasteiger partial charge is 1.00 e. The molecule has 0 aliphatic heterocycles. The molecule has 0 unspecified atom stereocenters. The van der Waals surface area contributed by atoms with Gasteiger partial charge >= 0.3 is 51.4 Å². The third-order valence-electron chi connectivity index (χ3n) is 2.11. The van der Waals surface area contributed by atoms with Crippen LogP contribution in [-0.2, 0) is 0 Å². The number of hydrogen-bond donors (Lipinski definition) is 1. The molecule has 0 spiro atoms. The van der Waals surface area contributed by atoms with Crippen LogP contribution in [0.5, 0.6) is 0 Å². The van der Waals surface area contributed by atoms with Gasteiger partial charge in [-0.05, 0) is 18.9 Å². The number of thiol groups is 1. The van der Waals surface area contributed by atoms with Crippen molar-refractivity contribution in [2.45, 2.75) is 18.8 Å². The van der Waals surface area contributed by atoms with Gasteiger partial charge in [0.25, 0.3) is 0 Å². The molecule has 2 nitrogen and oxygen atoms in total. The van der Waals surface area contributed by atoms with E-state index in [1.165, 1.54) is 0 Å². The molecule has 1 fully saturated rings. The first-order chi connectivity index (χ1) is 6.20. The standard InChI is InChI=1S/C9H8ClNOS.K.H/c10-7-6(9(12)13)3-4-11-8(7)5-1-2-5;;/h3-5H,1-2H2,(H,12,13);;/q;+1;-1. The van der Waals surface area contributed by atoms with E-state index < -0.39 is 0 Å². The summed E-state index contributed by atoms with van der Waals surface area (Å²) >= 11 is 9.75. The zero-order chi connectivity index (χ0) is 9.42. The first-order valence-corrected chi connectivity index (χ1v) is 4.90. The van der Waals surface area contributed by atoms with E-state index in [0.29, 0.717) is 16.5 Å².